The molecule has 3 aromatic rings. The molecule has 32 heavy (non-hydrogen) atoms. The highest BCUT2D eigenvalue weighted by molar-refractivity contribution is 7.89. The number of benzene rings is 3. The van der Waals surface area contributed by atoms with Crippen molar-refractivity contribution in [1.82, 2.24) is 9.62 Å². The van der Waals surface area contributed by atoms with Crippen LogP contribution in [-0.2, 0) is 23.0 Å². The summed E-state index contributed by atoms with van der Waals surface area (Å²) >= 11 is 0. The van der Waals surface area contributed by atoms with Crippen LogP contribution in [0.25, 0.3) is 0 Å². The number of ether oxygens (including phenoxy) is 1. The molecule has 0 spiro atoms. The fraction of sp³-hybridized carbons (Fsp3) is 0.167. The fourth-order valence-corrected chi connectivity index (χ4v) is 4.81. The molecule has 0 bridgehead atoms. The standard InChI is InChI=1S/C24H21N3O4S/c1-26-32(29,30)23-12-6-8-18-16-27(14-13-19(18)23)24(28)20-9-3-5-11-22(20)31-21-10-4-2-7-17(21)15-25/h2-12,26H,13-14,16H2,1H3. The summed E-state index contributed by atoms with van der Waals surface area (Å²) in [4.78, 5) is 15.3. The molecule has 0 fully saturated rings. The molecule has 1 aliphatic heterocycles. The largest absolute Gasteiger partial charge is 0.455 e. The number of hydrogen-bond donors (Lipinski definition) is 1. The van der Waals surface area contributed by atoms with Crippen molar-refractivity contribution in [2.45, 2.75) is 17.9 Å². The number of nitrogens with zero attached hydrogens (tertiary/aromatic N) is 2. The Bertz CT molecular complexity index is 1330. The SMILES string of the molecule is CNS(=O)(=O)c1cccc2c1CCN(C(=O)c1ccccc1Oc1ccccc1C#N)C2. The van der Waals surface area contributed by atoms with Crippen LogP contribution in [0.1, 0.15) is 27.0 Å². The molecule has 1 amide bonds. The lowest BCUT2D eigenvalue weighted by atomic mass is 9.99. The Hall–Kier alpha value is -3.67. The van der Waals surface area contributed by atoms with Crippen molar-refractivity contribution < 1.29 is 17.9 Å². The molecule has 0 saturated heterocycles. The van der Waals surface area contributed by atoms with Crippen LogP contribution in [0.15, 0.2) is 71.6 Å². The molecule has 3 aromatic carbocycles. The van der Waals surface area contributed by atoms with Crippen LogP contribution in [0.4, 0.5) is 0 Å². The van der Waals surface area contributed by atoms with E-state index >= 15 is 0 Å². The van der Waals surface area contributed by atoms with E-state index in [-0.39, 0.29) is 10.8 Å². The quantitative estimate of drug-likeness (QED) is 0.646. The number of hydrogen-bond acceptors (Lipinski definition) is 5. The molecule has 4 rings (SSSR count). The second kappa shape index (κ2) is 8.83. The van der Waals surface area contributed by atoms with Crippen LogP contribution < -0.4 is 9.46 Å². The van der Waals surface area contributed by atoms with Gasteiger partial charge in [0.05, 0.1) is 16.0 Å². The predicted molar refractivity (Wildman–Crippen MR) is 119 cm³/mol. The summed E-state index contributed by atoms with van der Waals surface area (Å²) in [6.07, 6.45) is 0.429. The van der Waals surface area contributed by atoms with Gasteiger partial charge in [0.25, 0.3) is 5.91 Å². The molecular weight excluding hydrogens is 426 g/mol. The zero-order valence-corrected chi connectivity index (χ0v) is 18.2. The first kappa shape index (κ1) is 21.6. The summed E-state index contributed by atoms with van der Waals surface area (Å²) < 4.78 is 33.0. The third kappa shape index (κ3) is 4.08. The molecule has 1 N–H and O–H groups in total. The van der Waals surface area contributed by atoms with Gasteiger partial charge in [-0.3, -0.25) is 4.79 Å². The minimum absolute atomic E-state index is 0.220. The maximum absolute atomic E-state index is 13.4. The zero-order valence-electron chi connectivity index (χ0n) is 17.4. The molecule has 0 atom stereocenters. The van der Waals surface area contributed by atoms with Crippen molar-refractivity contribution in [1.29, 1.82) is 5.26 Å². The minimum atomic E-state index is -3.58. The summed E-state index contributed by atoms with van der Waals surface area (Å²) in [5, 5.41) is 9.32. The molecule has 1 heterocycles. The second-order valence-corrected chi connectivity index (χ2v) is 9.14. The van der Waals surface area contributed by atoms with Crippen LogP contribution in [0.3, 0.4) is 0 Å². The summed E-state index contributed by atoms with van der Waals surface area (Å²) in [6, 6.07) is 20.9. The van der Waals surface area contributed by atoms with Crippen molar-refractivity contribution >= 4 is 15.9 Å². The van der Waals surface area contributed by atoms with Gasteiger partial charge >= 0.3 is 0 Å². The molecule has 1 aliphatic rings. The van der Waals surface area contributed by atoms with Crippen molar-refractivity contribution in [3.8, 4) is 17.6 Å². The lowest BCUT2D eigenvalue weighted by Gasteiger charge is -2.30. The number of nitriles is 1. The van der Waals surface area contributed by atoms with Crippen molar-refractivity contribution in [2.75, 3.05) is 13.6 Å². The Labute approximate surface area is 186 Å². The van der Waals surface area contributed by atoms with Gasteiger partial charge in [0.2, 0.25) is 10.0 Å². The fourth-order valence-electron chi connectivity index (χ4n) is 3.78. The summed E-state index contributed by atoms with van der Waals surface area (Å²) in [7, 11) is -2.19. The first-order valence-corrected chi connectivity index (χ1v) is 11.5. The maximum Gasteiger partial charge on any atom is 0.257 e. The van der Waals surface area contributed by atoms with Gasteiger partial charge < -0.3 is 9.64 Å². The highest BCUT2D eigenvalue weighted by Crippen LogP contribution is 2.31. The smallest absolute Gasteiger partial charge is 0.257 e. The molecule has 0 unspecified atom stereocenters. The number of sulfonamides is 1. The van der Waals surface area contributed by atoms with Crippen molar-refractivity contribution in [3.05, 3.63) is 89.0 Å². The van der Waals surface area contributed by atoms with Crippen LogP contribution in [0.5, 0.6) is 11.5 Å². The van der Waals surface area contributed by atoms with Gasteiger partial charge in [-0.05, 0) is 54.9 Å². The van der Waals surface area contributed by atoms with E-state index in [2.05, 4.69) is 10.8 Å². The van der Waals surface area contributed by atoms with Crippen LogP contribution in [-0.4, -0.2) is 32.8 Å². The zero-order chi connectivity index (χ0) is 22.7. The third-order valence-corrected chi connectivity index (χ3v) is 6.91. The first-order chi connectivity index (χ1) is 15.4. The van der Waals surface area contributed by atoms with E-state index in [0.29, 0.717) is 42.1 Å². The van der Waals surface area contributed by atoms with E-state index in [9.17, 15) is 18.5 Å². The number of fused-ring (bicyclic) bond motifs is 1. The number of carbonyl (C=O) groups excluding carboxylic acids is 1. The van der Waals surface area contributed by atoms with E-state index in [4.69, 9.17) is 4.74 Å². The van der Waals surface area contributed by atoms with Gasteiger partial charge in [-0.2, -0.15) is 5.26 Å². The molecule has 0 saturated carbocycles. The highest BCUT2D eigenvalue weighted by atomic mass is 32.2. The number of amides is 1. The lowest BCUT2D eigenvalue weighted by Crippen LogP contribution is -2.37. The third-order valence-electron chi connectivity index (χ3n) is 5.41. The maximum atomic E-state index is 13.4. The Balaban J connectivity index is 1.63. The number of rotatable bonds is 5. The van der Waals surface area contributed by atoms with Crippen LogP contribution >= 0.6 is 0 Å². The summed E-state index contributed by atoms with van der Waals surface area (Å²) in [5.41, 5.74) is 2.29. The minimum Gasteiger partial charge on any atom is -0.455 e. The van der Waals surface area contributed by atoms with Gasteiger partial charge in [-0.1, -0.05) is 36.4 Å². The second-order valence-electron chi connectivity index (χ2n) is 7.28. The topological polar surface area (TPSA) is 99.5 Å². The Morgan fingerprint density at radius 1 is 1.03 bits per heavy atom. The van der Waals surface area contributed by atoms with E-state index in [1.54, 1.807) is 65.6 Å². The Morgan fingerprint density at radius 2 is 1.75 bits per heavy atom. The van der Waals surface area contributed by atoms with Gasteiger partial charge in [0.1, 0.15) is 17.6 Å². The van der Waals surface area contributed by atoms with Gasteiger partial charge in [0, 0.05) is 13.1 Å². The average molecular weight is 448 g/mol. The monoisotopic (exact) mass is 447 g/mol. The van der Waals surface area contributed by atoms with E-state index in [1.807, 2.05) is 6.07 Å². The van der Waals surface area contributed by atoms with Gasteiger partial charge in [0.15, 0.2) is 0 Å². The van der Waals surface area contributed by atoms with E-state index in [1.165, 1.54) is 7.05 Å². The highest BCUT2D eigenvalue weighted by Gasteiger charge is 2.28. The lowest BCUT2D eigenvalue weighted by molar-refractivity contribution is 0.0731. The van der Waals surface area contributed by atoms with E-state index < -0.39 is 10.0 Å². The van der Waals surface area contributed by atoms with Crippen LogP contribution in [0, 0.1) is 11.3 Å². The molecule has 8 heteroatoms. The van der Waals surface area contributed by atoms with E-state index in [0.717, 1.165) is 11.1 Å². The number of nitrogens with one attached hydrogen (secondary N) is 1. The summed E-state index contributed by atoms with van der Waals surface area (Å²) in [6.45, 7) is 0.676. The number of para-hydroxylation sites is 2. The molecule has 7 nitrogen and oxygen atoms in total. The van der Waals surface area contributed by atoms with Crippen LogP contribution in [0.2, 0.25) is 0 Å². The molecule has 162 valence electrons. The van der Waals surface area contributed by atoms with Crippen molar-refractivity contribution in [3.63, 3.8) is 0 Å². The molecular formula is C24H21N3O4S. The molecule has 0 radical (unpaired) electrons. The normalized spacial score (nSPS) is 13.2. The van der Waals surface area contributed by atoms with Gasteiger partial charge in [-0.15, -0.1) is 0 Å². The summed E-state index contributed by atoms with van der Waals surface area (Å²) in [5.74, 6) is 0.515. The predicted octanol–water partition coefficient (Wildman–Crippen LogP) is 3.46. The Kier molecular flexibility index (Phi) is 5.95. The molecule has 0 aliphatic carbocycles. The first-order valence-electron chi connectivity index (χ1n) is 10.0. The van der Waals surface area contributed by atoms with Gasteiger partial charge in [-0.25, -0.2) is 13.1 Å². The average Bonchev–Trinajstić information content (AvgIpc) is 2.83. The molecule has 0 aromatic heterocycles. The Morgan fingerprint density at radius 3 is 2.50 bits per heavy atom. The van der Waals surface area contributed by atoms with Crippen molar-refractivity contribution in [2.24, 2.45) is 0 Å². The number of carbonyl (C=O) groups is 1.